The third-order valence-electron chi connectivity index (χ3n) is 7.02. The van der Waals surface area contributed by atoms with Crippen LogP contribution in [-0.4, -0.2) is 28.3 Å². The lowest BCUT2D eigenvalue weighted by Gasteiger charge is -2.49. The number of methoxy groups -OCH3 is 1. The number of hydrogen-bond donors (Lipinski definition) is 1. The number of anilines is 1. The van der Waals surface area contributed by atoms with Crippen molar-refractivity contribution in [1.82, 2.24) is 5.32 Å². The third kappa shape index (κ3) is 5.70. The van der Waals surface area contributed by atoms with Crippen molar-refractivity contribution in [3.8, 4) is 5.75 Å². The Morgan fingerprint density at radius 1 is 1.17 bits per heavy atom. The fourth-order valence-electron chi connectivity index (χ4n) is 5.17. The van der Waals surface area contributed by atoms with Gasteiger partial charge in [0.25, 0.3) is 0 Å². The zero-order valence-electron chi connectivity index (χ0n) is 21.8. The summed E-state index contributed by atoms with van der Waals surface area (Å²) in [5.74, 6) is 1.14. The van der Waals surface area contributed by atoms with Crippen LogP contribution in [0.1, 0.15) is 57.6 Å². The van der Waals surface area contributed by atoms with Crippen LogP contribution in [0.3, 0.4) is 0 Å². The number of carbonyl (C=O) groups excluding carboxylic acids is 1. The Balaban J connectivity index is 1.77. The molecule has 1 fully saturated rings. The van der Waals surface area contributed by atoms with E-state index in [0.717, 1.165) is 48.2 Å². The van der Waals surface area contributed by atoms with Crippen LogP contribution in [0.2, 0.25) is 18.1 Å². The highest BCUT2D eigenvalue weighted by Crippen LogP contribution is 2.54. The van der Waals surface area contributed by atoms with E-state index in [9.17, 15) is 4.79 Å². The van der Waals surface area contributed by atoms with E-state index in [2.05, 4.69) is 45.2 Å². The van der Waals surface area contributed by atoms with Crippen molar-refractivity contribution in [2.45, 2.75) is 77.7 Å². The number of urea groups is 1. The average Bonchev–Trinajstić information content (AvgIpc) is 3.64. The smallest absolute Gasteiger partial charge is 0.323 e. The summed E-state index contributed by atoms with van der Waals surface area (Å²) in [5, 5.41) is 4.19. The predicted octanol–water partition coefficient (Wildman–Crippen LogP) is 7.15. The van der Waals surface area contributed by atoms with Gasteiger partial charge in [0, 0.05) is 10.6 Å². The highest BCUT2D eigenvalue weighted by molar-refractivity contribution is 6.48. The molecule has 2 atom stereocenters. The van der Waals surface area contributed by atoms with Crippen molar-refractivity contribution in [2.24, 2.45) is 11.3 Å². The summed E-state index contributed by atoms with van der Waals surface area (Å²) in [5.41, 5.74) is 2.65. The van der Waals surface area contributed by atoms with Gasteiger partial charge in [-0.2, -0.15) is 0 Å². The molecule has 0 spiro atoms. The molecule has 2 unspecified atom stereocenters. The van der Waals surface area contributed by atoms with E-state index < -0.39 is 14.6 Å². The van der Waals surface area contributed by atoms with Crippen LogP contribution in [0.5, 0.6) is 5.75 Å². The molecule has 0 saturated heterocycles. The number of halogens is 1. The number of hydrogen-bond acceptors (Lipinski definition) is 3. The fraction of sp³-hybridized carbons (Fsp3) is 0.536. The van der Waals surface area contributed by atoms with Gasteiger partial charge in [0.2, 0.25) is 9.04 Å². The molecule has 7 heteroatoms. The first-order chi connectivity index (χ1) is 16.5. The minimum atomic E-state index is -0.998. The van der Waals surface area contributed by atoms with Crippen molar-refractivity contribution in [3.63, 3.8) is 0 Å². The van der Waals surface area contributed by atoms with Gasteiger partial charge in [-0.1, -0.05) is 44.5 Å². The van der Waals surface area contributed by atoms with Crippen LogP contribution in [0.15, 0.2) is 42.5 Å². The van der Waals surface area contributed by atoms with Crippen LogP contribution in [-0.2, 0) is 16.5 Å². The number of benzene rings is 2. The number of ether oxygens (including phenoxy) is 1. The Labute approximate surface area is 216 Å². The molecule has 4 rings (SSSR count). The monoisotopic (exact) mass is 513 g/mol. The number of nitrogens with one attached hydrogen (secondary N) is 1. The lowest BCUT2D eigenvalue weighted by atomic mass is 9.74. The van der Waals surface area contributed by atoms with Crippen molar-refractivity contribution in [1.29, 1.82) is 0 Å². The first kappa shape index (κ1) is 26.1. The molecular formula is C28H38ClN2O3Si. The van der Waals surface area contributed by atoms with Gasteiger partial charge in [-0.15, -0.1) is 0 Å². The van der Waals surface area contributed by atoms with Gasteiger partial charge in [-0.25, -0.2) is 4.79 Å². The van der Waals surface area contributed by atoms with Crippen LogP contribution in [0.25, 0.3) is 0 Å². The molecule has 1 N–H and O–H groups in total. The van der Waals surface area contributed by atoms with E-state index in [0.29, 0.717) is 17.5 Å². The Bertz CT molecular complexity index is 1050. The second kappa shape index (κ2) is 10.2. The van der Waals surface area contributed by atoms with Crippen LogP contribution in [0, 0.1) is 11.3 Å². The summed E-state index contributed by atoms with van der Waals surface area (Å²) in [6.07, 6.45) is 3.97. The summed E-state index contributed by atoms with van der Waals surface area (Å²) in [6.45, 7) is 11.6. The SMILES string of the molecule is COc1ccc(CN2C(=O)NC(C3CC3)(C(CCC(C)(C)C)O[Si](C)C)c3cc(Cl)ccc32)cc1. The molecule has 35 heavy (non-hydrogen) atoms. The van der Waals surface area contributed by atoms with Gasteiger partial charge in [0.1, 0.15) is 5.75 Å². The van der Waals surface area contributed by atoms with Crippen LogP contribution >= 0.6 is 11.6 Å². The summed E-state index contributed by atoms with van der Waals surface area (Å²) >= 11 is 6.59. The summed E-state index contributed by atoms with van der Waals surface area (Å²) in [6, 6.07) is 13.7. The standard InChI is InChI=1S/C28H38ClN2O3Si/c1-27(2,3)16-15-25(34-35(5)6)28(20-9-10-20)23-17-21(29)11-14-24(23)31(26(32)30-28)18-19-7-12-22(33-4)13-8-19/h7-8,11-14,17,20,25H,9-10,15-16,18H2,1-6H3,(H,30,32). The van der Waals surface area contributed by atoms with Crippen molar-refractivity contribution in [3.05, 3.63) is 58.6 Å². The van der Waals surface area contributed by atoms with Crippen LogP contribution < -0.4 is 15.0 Å². The Morgan fingerprint density at radius 3 is 2.43 bits per heavy atom. The number of carbonyl (C=O) groups is 1. The number of nitrogens with zero attached hydrogens (tertiary/aromatic N) is 1. The fourth-order valence-corrected chi connectivity index (χ4v) is 6.22. The van der Waals surface area contributed by atoms with Crippen molar-refractivity contribution < 1.29 is 14.0 Å². The van der Waals surface area contributed by atoms with Gasteiger partial charge in [-0.3, -0.25) is 4.90 Å². The lowest BCUT2D eigenvalue weighted by Crippen LogP contribution is -2.63. The predicted molar refractivity (Wildman–Crippen MR) is 145 cm³/mol. The number of rotatable bonds is 9. The van der Waals surface area contributed by atoms with Gasteiger partial charge in [-0.05, 0) is 86.0 Å². The first-order valence-electron chi connectivity index (χ1n) is 12.5. The highest BCUT2D eigenvalue weighted by Gasteiger charge is 2.57. The van der Waals surface area contributed by atoms with E-state index in [1.807, 2.05) is 41.3 Å². The largest absolute Gasteiger partial charge is 0.497 e. The van der Waals surface area contributed by atoms with Crippen molar-refractivity contribution in [2.75, 3.05) is 12.0 Å². The average molecular weight is 514 g/mol. The highest BCUT2D eigenvalue weighted by atomic mass is 35.5. The van der Waals surface area contributed by atoms with E-state index in [1.165, 1.54) is 0 Å². The Kier molecular flexibility index (Phi) is 7.56. The Morgan fingerprint density at radius 2 is 1.86 bits per heavy atom. The van der Waals surface area contributed by atoms with E-state index in [1.54, 1.807) is 7.11 Å². The summed E-state index contributed by atoms with van der Waals surface area (Å²) in [4.78, 5) is 15.7. The molecule has 5 nitrogen and oxygen atoms in total. The quantitative estimate of drug-likeness (QED) is 0.362. The molecule has 2 aromatic rings. The maximum atomic E-state index is 13.8. The van der Waals surface area contributed by atoms with E-state index in [4.69, 9.17) is 20.8 Å². The molecule has 2 aromatic carbocycles. The zero-order valence-corrected chi connectivity index (χ0v) is 23.5. The molecule has 2 amide bonds. The first-order valence-corrected chi connectivity index (χ1v) is 15.3. The molecule has 0 aromatic heterocycles. The lowest BCUT2D eigenvalue weighted by molar-refractivity contribution is 0.0506. The summed E-state index contributed by atoms with van der Waals surface area (Å²) in [7, 11) is 0.657. The zero-order chi connectivity index (χ0) is 25.4. The number of fused-ring (bicyclic) bond motifs is 1. The molecule has 0 bridgehead atoms. The van der Waals surface area contributed by atoms with Crippen LogP contribution in [0.4, 0.5) is 10.5 Å². The molecule has 1 heterocycles. The molecule has 2 aliphatic rings. The molecule has 1 saturated carbocycles. The molecule has 189 valence electrons. The Hall–Kier alpha value is -2.02. The maximum absolute atomic E-state index is 13.8. The van der Waals surface area contributed by atoms with Gasteiger partial charge >= 0.3 is 6.03 Å². The normalized spacial score (nSPS) is 21.0. The third-order valence-corrected chi connectivity index (χ3v) is 8.01. The molecule has 1 aliphatic heterocycles. The molecule has 1 radical (unpaired) electrons. The topological polar surface area (TPSA) is 50.8 Å². The van der Waals surface area contributed by atoms with E-state index >= 15 is 0 Å². The molecule has 1 aliphatic carbocycles. The second-order valence-corrected chi connectivity index (χ2v) is 13.8. The van der Waals surface area contributed by atoms with Crippen molar-refractivity contribution >= 4 is 32.4 Å². The second-order valence-electron chi connectivity index (χ2n) is 11.3. The minimum Gasteiger partial charge on any atom is -0.497 e. The molecular weight excluding hydrogens is 476 g/mol. The van der Waals surface area contributed by atoms with E-state index in [-0.39, 0.29) is 17.6 Å². The maximum Gasteiger partial charge on any atom is 0.323 e. The summed E-state index contributed by atoms with van der Waals surface area (Å²) < 4.78 is 12.0. The van der Waals surface area contributed by atoms with Gasteiger partial charge < -0.3 is 14.5 Å². The number of amides is 2. The van der Waals surface area contributed by atoms with Gasteiger partial charge in [0.15, 0.2) is 0 Å². The minimum absolute atomic E-state index is 0.0760. The van der Waals surface area contributed by atoms with Gasteiger partial charge in [0.05, 0.1) is 31.0 Å².